The van der Waals surface area contributed by atoms with Crippen LogP contribution >= 0.6 is 11.3 Å². The number of likely N-dealkylation sites (N-methyl/N-ethyl adjacent to an activating group) is 1. The van der Waals surface area contributed by atoms with Gasteiger partial charge in [0.05, 0.1) is 6.42 Å². The number of amides is 1. The van der Waals surface area contributed by atoms with Crippen LogP contribution in [0.4, 0.5) is 0 Å². The van der Waals surface area contributed by atoms with Crippen molar-refractivity contribution >= 4 is 27.3 Å². The van der Waals surface area contributed by atoms with Gasteiger partial charge in [0.2, 0.25) is 5.91 Å². The predicted octanol–water partition coefficient (Wildman–Crippen LogP) is 3.36. The summed E-state index contributed by atoms with van der Waals surface area (Å²) in [5, 5.41) is 0. The molecule has 1 saturated heterocycles. The van der Waals surface area contributed by atoms with Gasteiger partial charge in [0.15, 0.2) is 0 Å². The highest BCUT2D eigenvalue weighted by atomic mass is 32.2. The zero-order valence-electron chi connectivity index (χ0n) is 15.5. The molecule has 25 heavy (non-hydrogen) atoms. The largest absolute Gasteiger partial charge is 0.342 e. The Bertz CT molecular complexity index is 660. The van der Waals surface area contributed by atoms with Gasteiger partial charge >= 0.3 is 0 Å². The Morgan fingerprint density at radius 2 is 1.84 bits per heavy atom. The van der Waals surface area contributed by atoms with E-state index in [9.17, 15) is 13.2 Å². The molecule has 1 aliphatic heterocycles. The highest BCUT2D eigenvalue weighted by Gasteiger charge is 2.28. The van der Waals surface area contributed by atoms with Gasteiger partial charge in [0, 0.05) is 31.1 Å². The second kappa shape index (κ2) is 9.14. The van der Waals surface area contributed by atoms with Gasteiger partial charge in [-0.3, -0.25) is 4.79 Å². The Labute approximate surface area is 156 Å². The second-order valence-corrected chi connectivity index (χ2v) is 9.96. The summed E-state index contributed by atoms with van der Waals surface area (Å²) in [6, 6.07) is 3.44. The molecule has 0 atom stereocenters. The van der Waals surface area contributed by atoms with E-state index in [2.05, 4.69) is 13.8 Å². The first kappa shape index (κ1) is 20.4. The molecule has 0 unspecified atom stereocenters. The molecule has 5 nitrogen and oxygen atoms in total. The molecule has 0 aliphatic carbocycles. The van der Waals surface area contributed by atoms with Crippen LogP contribution in [0.1, 0.15) is 51.3 Å². The normalized spacial score (nSPS) is 15.8. The second-order valence-electron chi connectivity index (χ2n) is 6.62. The summed E-state index contributed by atoms with van der Waals surface area (Å²) in [6.45, 7) is 8.99. The van der Waals surface area contributed by atoms with Gasteiger partial charge in [-0.15, -0.1) is 11.3 Å². The van der Waals surface area contributed by atoms with E-state index < -0.39 is 10.0 Å². The Balaban J connectivity index is 2.03. The van der Waals surface area contributed by atoms with Crippen LogP contribution in [-0.2, 0) is 21.2 Å². The van der Waals surface area contributed by atoms with Crippen LogP contribution in [0.2, 0.25) is 0 Å². The monoisotopic (exact) mass is 386 g/mol. The molecule has 2 rings (SSSR count). The summed E-state index contributed by atoms with van der Waals surface area (Å²) in [4.78, 5) is 15.3. The van der Waals surface area contributed by atoms with E-state index in [0.717, 1.165) is 37.1 Å². The molecule has 0 bridgehead atoms. The SMILES string of the molecule is CCC(CC)CN(CC)C(=O)Cc1ccc(S(=O)(=O)N2CCCC2)s1. The standard InChI is InChI=1S/C18H30N2O3S2/c1-4-15(5-2)14-19(6-3)17(21)13-16-9-10-18(24-16)25(22,23)20-11-7-8-12-20/h9-10,15H,4-8,11-14H2,1-3H3. The number of rotatable bonds is 9. The third-order valence-corrected chi connectivity index (χ3v) is 8.44. The van der Waals surface area contributed by atoms with E-state index >= 15 is 0 Å². The average Bonchev–Trinajstić information content (AvgIpc) is 3.28. The maximum atomic E-state index is 12.6. The number of thiophene rings is 1. The van der Waals surface area contributed by atoms with Crippen molar-refractivity contribution in [2.75, 3.05) is 26.2 Å². The van der Waals surface area contributed by atoms with Crippen LogP contribution in [0.25, 0.3) is 0 Å². The molecule has 0 spiro atoms. The van der Waals surface area contributed by atoms with Gasteiger partial charge in [-0.05, 0) is 37.8 Å². The van der Waals surface area contributed by atoms with Crippen molar-refractivity contribution in [2.24, 2.45) is 5.92 Å². The van der Waals surface area contributed by atoms with E-state index in [1.807, 2.05) is 11.8 Å². The fourth-order valence-corrected chi connectivity index (χ4v) is 6.19. The van der Waals surface area contributed by atoms with E-state index in [1.165, 1.54) is 11.3 Å². The van der Waals surface area contributed by atoms with Crippen molar-refractivity contribution in [3.8, 4) is 0 Å². The van der Waals surface area contributed by atoms with Gasteiger partial charge < -0.3 is 4.90 Å². The van der Waals surface area contributed by atoms with Crippen molar-refractivity contribution in [1.29, 1.82) is 0 Å². The van der Waals surface area contributed by atoms with Crippen molar-refractivity contribution < 1.29 is 13.2 Å². The van der Waals surface area contributed by atoms with E-state index in [1.54, 1.807) is 16.4 Å². The minimum Gasteiger partial charge on any atom is -0.342 e. The van der Waals surface area contributed by atoms with Gasteiger partial charge in [0.1, 0.15) is 4.21 Å². The molecule has 0 aromatic carbocycles. The van der Waals surface area contributed by atoms with Crippen LogP contribution in [0.5, 0.6) is 0 Å². The zero-order chi connectivity index (χ0) is 18.4. The van der Waals surface area contributed by atoms with E-state index in [-0.39, 0.29) is 12.3 Å². The topological polar surface area (TPSA) is 57.7 Å². The van der Waals surface area contributed by atoms with Crippen LogP contribution in [0, 0.1) is 5.92 Å². The summed E-state index contributed by atoms with van der Waals surface area (Å²) in [5.74, 6) is 0.611. The third kappa shape index (κ3) is 5.05. The van der Waals surface area contributed by atoms with Crippen LogP contribution in [-0.4, -0.2) is 49.7 Å². The molecule has 1 aromatic heterocycles. The quantitative estimate of drug-likeness (QED) is 0.654. The molecule has 142 valence electrons. The highest BCUT2D eigenvalue weighted by Crippen LogP contribution is 2.28. The summed E-state index contributed by atoms with van der Waals surface area (Å²) in [7, 11) is -3.38. The van der Waals surface area contributed by atoms with Crippen LogP contribution in [0.3, 0.4) is 0 Å². The fraction of sp³-hybridized carbons (Fsp3) is 0.722. The molecule has 1 amide bonds. The molecule has 0 radical (unpaired) electrons. The number of hydrogen-bond donors (Lipinski definition) is 0. The molecule has 1 aromatic rings. The van der Waals surface area contributed by atoms with Gasteiger partial charge in [-0.1, -0.05) is 26.7 Å². The first-order chi connectivity index (χ1) is 11.9. The third-order valence-electron chi connectivity index (χ3n) is 4.99. The molecule has 0 N–H and O–H groups in total. The Morgan fingerprint density at radius 1 is 1.20 bits per heavy atom. The molecule has 2 heterocycles. The Hall–Kier alpha value is -0.920. The highest BCUT2D eigenvalue weighted by molar-refractivity contribution is 7.91. The van der Waals surface area contributed by atoms with Gasteiger partial charge in [-0.25, -0.2) is 8.42 Å². The number of hydrogen-bond acceptors (Lipinski definition) is 4. The molecule has 1 aliphatic rings. The lowest BCUT2D eigenvalue weighted by Gasteiger charge is -2.25. The molecule has 0 saturated carbocycles. The average molecular weight is 387 g/mol. The van der Waals surface area contributed by atoms with Crippen molar-refractivity contribution in [1.82, 2.24) is 9.21 Å². The minimum absolute atomic E-state index is 0.0846. The van der Waals surface area contributed by atoms with Crippen molar-refractivity contribution in [3.05, 3.63) is 17.0 Å². The molecule has 7 heteroatoms. The molecular formula is C18H30N2O3S2. The summed E-state index contributed by atoms with van der Waals surface area (Å²) in [5.41, 5.74) is 0. The van der Waals surface area contributed by atoms with E-state index in [0.29, 0.717) is 29.8 Å². The Kier molecular flexibility index (Phi) is 7.46. The lowest BCUT2D eigenvalue weighted by atomic mass is 10.0. The summed E-state index contributed by atoms with van der Waals surface area (Å²) < 4.78 is 27.1. The zero-order valence-corrected chi connectivity index (χ0v) is 17.2. The number of nitrogens with zero attached hydrogens (tertiary/aromatic N) is 2. The minimum atomic E-state index is -3.38. The summed E-state index contributed by atoms with van der Waals surface area (Å²) in [6.07, 6.45) is 4.28. The van der Waals surface area contributed by atoms with Crippen LogP contribution in [0.15, 0.2) is 16.3 Å². The first-order valence-corrected chi connectivity index (χ1v) is 11.5. The van der Waals surface area contributed by atoms with Gasteiger partial charge in [0.25, 0.3) is 10.0 Å². The van der Waals surface area contributed by atoms with E-state index in [4.69, 9.17) is 0 Å². The smallest absolute Gasteiger partial charge is 0.252 e. The first-order valence-electron chi connectivity index (χ1n) is 9.28. The number of carbonyl (C=O) groups excluding carboxylic acids is 1. The Morgan fingerprint density at radius 3 is 2.40 bits per heavy atom. The number of sulfonamides is 1. The van der Waals surface area contributed by atoms with Crippen molar-refractivity contribution in [2.45, 2.75) is 57.1 Å². The van der Waals surface area contributed by atoms with Crippen molar-refractivity contribution in [3.63, 3.8) is 0 Å². The lowest BCUT2D eigenvalue weighted by molar-refractivity contribution is -0.130. The van der Waals surface area contributed by atoms with Gasteiger partial charge in [-0.2, -0.15) is 4.31 Å². The predicted molar refractivity (Wildman–Crippen MR) is 102 cm³/mol. The lowest BCUT2D eigenvalue weighted by Crippen LogP contribution is -2.36. The maximum Gasteiger partial charge on any atom is 0.252 e. The van der Waals surface area contributed by atoms with Crippen LogP contribution < -0.4 is 0 Å². The molecule has 1 fully saturated rings. The fourth-order valence-electron chi connectivity index (χ4n) is 3.17. The maximum absolute atomic E-state index is 12.6. The summed E-state index contributed by atoms with van der Waals surface area (Å²) >= 11 is 1.24. The number of carbonyl (C=O) groups is 1. The molecular weight excluding hydrogens is 356 g/mol.